The molecule has 0 radical (unpaired) electrons. The molecule has 4 N–H and O–H groups in total. The van der Waals surface area contributed by atoms with E-state index in [1.54, 1.807) is 24.8 Å². The molecule has 4 aromatic heterocycles. The molecule has 0 saturated heterocycles. The van der Waals surface area contributed by atoms with Crippen molar-refractivity contribution in [3.8, 4) is 22.5 Å². The number of rotatable bonds is 5. The second-order valence-electron chi connectivity index (χ2n) is 6.52. The topological polar surface area (TPSA) is 117 Å². The van der Waals surface area contributed by atoms with Crippen LogP contribution in [0.2, 0.25) is 0 Å². The van der Waals surface area contributed by atoms with Crippen LogP contribution in [-0.2, 0) is 0 Å². The minimum atomic E-state index is -0.0624. The van der Waals surface area contributed by atoms with Crippen molar-refractivity contribution in [2.45, 2.75) is 19.4 Å². The highest BCUT2D eigenvalue weighted by Gasteiger charge is 2.12. The highest BCUT2D eigenvalue weighted by molar-refractivity contribution is 5.98. The third-order valence-electron chi connectivity index (χ3n) is 4.28. The smallest absolute Gasteiger partial charge is 0.102 e. The van der Waals surface area contributed by atoms with E-state index in [1.165, 1.54) is 0 Å². The van der Waals surface area contributed by atoms with E-state index in [9.17, 15) is 0 Å². The van der Waals surface area contributed by atoms with Crippen LogP contribution in [0.3, 0.4) is 0 Å². The summed E-state index contributed by atoms with van der Waals surface area (Å²) in [5.74, 6) is 0. The average Bonchev–Trinajstić information content (AvgIpc) is 3.11. The number of fused-ring (bicyclic) bond motifs is 1. The number of pyridine rings is 3. The standard InChI is InChI=1S/C20H19N7/c1-12(21)7-16(22)17-5-4-14(10-24-17)20-15-8-18(13-3-2-6-23-9-13)25-11-19(15)26-27-20/h2-6,8-12,22H,7,21H2,1H3,(H,26,27)/t12-/m0/s1. The number of nitrogens with zero attached hydrogens (tertiary/aromatic N) is 4. The van der Waals surface area contributed by atoms with Gasteiger partial charge in [0, 0.05) is 47.6 Å². The molecule has 4 heterocycles. The van der Waals surface area contributed by atoms with E-state index in [4.69, 9.17) is 11.1 Å². The second-order valence-corrected chi connectivity index (χ2v) is 6.52. The van der Waals surface area contributed by atoms with Gasteiger partial charge in [0.05, 0.1) is 28.8 Å². The van der Waals surface area contributed by atoms with Gasteiger partial charge >= 0.3 is 0 Å². The summed E-state index contributed by atoms with van der Waals surface area (Å²) in [5.41, 5.74) is 11.2. The normalized spacial score (nSPS) is 12.2. The largest absolute Gasteiger partial charge is 0.328 e. The molecule has 7 nitrogen and oxygen atoms in total. The van der Waals surface area contributed by atoms with Crippen molar-refractivity contribution in [3.05, 3.63) is 60.8 Å². The van der Waals surface area contributed by atoms with Gasteiger partial charge in [-0.15, -0.1) is 0 Å². The molecule has 0 aliphatic rings. The van der Waals surface area contributed by atoms with Gasteiger partial charge in [-0.2, -0.15) is 5.10 Å². The summed E-state index contributed by atoms with van der Waals surface area (Å²) in [6.07, 6.45) is 7.53. The third-order valence-corrected chi connectivity index (χ3v) is 4.28. The van der Waals surface area contributed by atoms with Crippen LogP contribution in [0.5, 0.6) is 0 Å². The second kappa shape index (κ2) is 7.05. The lowest BCUT2D eigenvalue weighted by atomic mass is 10.1. The zero-order chi connectivity index (χ0) is 18.8. The Bertz CT molecular complexity index is 1080. The first-order valence-electron chi connectivity index (χ1n) is 8.66. The zero-order valence-electron chi connectivity index (χ0n) is 14.8. The van der Waals surface area contributed by atoms with Gasteiger partial charge in [-0.25, -0.2) is 0 Å². The van der Waals surface area contributed by atoms with Crippen molar-refractivity contribution in [1.82, 2.24) is 25.1 Å². The van der Waals surface area contributed by atoms with E-state index in [0.717, 1.165) is 33.4 Å². The molecule has 0 fully saturated rings. The predicted molar refractivity (Wildman–Crippen MR) is 105 cm³/mol. The molecular formula is C20H19N7. The molecule has 0 amide bonds. The van der Waals surface area contributed by atoms with Crippen LogP contribution in [0.4, 0.5) is 0 Å². The molecule has 0 unspecified atom stereocenters. The fourth-order valence-corrected chi connectivity index (χ4v) is 2.95. The maximum atomic E-state index is 8.08. The van der Waals surface area contributed by atoms with Crippen molar-refractivity contribution >= 4 is 16.6 Å². The Morgan fingerprint density at radius 3 is 2.74 bits per heavy atom. The highest BCUT2D eigenvalue weighted by atomic mass is 15.1. The van der Waals surface area contributed by atoms with E-state index < -0.39 is 0 Å². The number of nitrogens with two attached hydrogens (primary N) is 1. The van der Waals surface area contributed by atoms with Crippen LogP contribution >= 0.6 is 0 Å². The molecule has 0 aliphatic heterocycles. The van der Waals surface area contributed by atoms with Gasteiger partial charge in [0.25, 0.3) is 0 Å². The summed E-state index contributed by atoms with van der Waals surface area (Å²) in [4.78, 5) is 13.1. The Morgan fingerprint density at radius 2 is 2.04 bits per heavy atom. The van der Waals surface area contributed by atoms with Crippen molar-refractivity contribution in [3.63, 3.8) is 0 Å². The molecule has 7 heteroatoms. The lowest BCUT2D eigenvalue weighted by Crippen LogP contribution is -2.20. The van der Waals surface area contributed by atoms with Crippen LogP contribution in [0.1, 0.15) is 19.0 Å². The van der Waals surface area contributed by atoms with Gasteiger partial charge in [-0.1, -0.05) is 0 Å². The fraction of sp³-hybridized carbons (Fsp3) is 0.150. The molecule has 4 aromatic rings. The summed E-state index contributed by atoms with van der Waals surface area (Å²) >= 11 is 0. The molecule has 0 spiro atoms. The van der Waals surface area contributed by atoms with Crippen molar-refractivity contribution in [2.75, 3.05) is 0 Å². The maximum Gasteiger partial charge on any atom is 0.102 e. The van der Waals surface area contributed by atoms with E-state index in [2.05, 4.69) is 25.1 Å². The minimum Gasteiger partial charge on any atom is -0.328 e. The lowest BCUT2D eigenvalue weighted by Gasteiger charge is -2.07. The number of H-pyrrole nitrogens is 1. The van der Waals surface area contributed by atoms with E-state index in [1.807, 2.05) is 37.3 Å². The lowest BCUT2D eigenvalue weighted by molar-refractivity contribution is 0.775. The number of nitrogens with one attached hydrogen (secondary N) is 2. The van der Waals surface area contributed by atoms with Crippen molar-refractivity contribution in [2.24, 2.45) is 5.73 Å². The Morgan fingerprint density at radius 1 is 1.15 bits per heavy atom. The van der Waals surface area contributed by atoms with Gasteiger partial charge in [-0.05, 0) is 37.3 Å². The first-order chi connectivity index (χ1) is 13.1. The SMILES string of the molecule is C[C@H](N)CC(=N)c1ccc(-c2n[nH]c3cnc(-c4cccnc4)cc23)cn1. The van der Waals surface area contributed by atoms with Crippen LogP contribution in [0.15, 0.2) is 55.1 Å². The Hall–Kier alpha value is -3.45. The van der Waals surface area contributed by atoms with Gasteiger partial charge in [0.2, 0.25) is 0 Å². The molecule has 0 aromatic carbocycles. The highest BCUT2D eigenvalue weighted by Crippen LogP contribution is 2.28. The molecule has 4 rings (SSSR count). The first-order valence-corrected chi connectivity index (χ1v) is 8.66. The summed E-state index contributed by atoms with van der Waals surface area (Å²) in [6.45, 7) is 1.88. The number of aromatic amines is 1. The van der Waals surface area contributed by atoms with Crippen LogP contribution in [0, 0.1) is 5.41 Å². The molecule has 134 valence electrons. The number of aromatic nitrogens is 5. The number of hydrogen-bond donors (Lipinski definition) is 3. The van der Waals surface area contributed by atoms with Gasteiger partial charge < -0.3 is 11.1 Å². The van der Waals surface area contributed by atoms with E-state index in [0.29, 0.717) is 17.8 Å². The quantitative estimate of drug-likeness (QED) is 0.474. The van der Waals surface area contributed by atoms with Gasteiger partial charge in [0.1, 0.15) is 5.69 Å². The van der Waals surface area contributed by atoms with Crippen molar-refractivity contribution in [1.29, 1.82) is 5.41 Å². The maximum absolute atomic E-state index is 8.08. The molecule has 1 atom stereocenters. The first kappa shape index (κ1) is 17.0. The monoisotopic (exact) mass is 357 g/mol. The van der Waals surface area contributed by atoms with Gasteiger partial charge in [0.15, 0.2) is 0 Å². The number of hydrogen-bond acceptors (Lipinski definition) is 6. The zero-order valence-corrected chi connectivity index (χ0v) is 14.8. The predicted octanol–water partition coefficient (Wildman–Crippen LogP) is 3.19. The summed E-state index contributed by atoms with van der Waals surface area (Å²) in [7, 11) is 0. The molecule has 0 saturated carbocycles. The summed E-state index contributed by atoms with van der Waals surface area (Å²) in [5, 5.41) is 16.5. The third kappa shape index (κ3) is 3.45. The van der Waals surface area contributed by atoms with E-state index >= 15 is 0 Å². The summed E-state index contributed by atoms with van der Waals surface area (Å²) in [6, 6.07) is 9.56. The average molecular weight is 357 g/mol. The molecular weight excluding hydrogens is 338 g/mol. The molecule has 0 aliphatic carbocycles. The van der Waals surface area contributed by atoms with E-state index in [-0.39, 0.29) is 6.04 Å². The summed E-state index contributed by atoms with van der Waals surface area (Å²) < 4.78 is 0. The molecule has 27 heavy (non-hydrogen) atoms. The Kier molecular flexibility index (Phi) is 4.43. The van der Waals surface area contributed by atoms with Gasteiger partial charge in [-0.3, -0.25) is 20.1 Å². The molecule has 0 bridgehead atoms. The fourth-order valence-electron chi connectivity index (χ4n) is 2.95. The Labute approximate surface area is 156 Å². The Balaban J connectivity index is 1.70. The minimum absolute atomic E-state index is 0.0624. The van der Waals surface area contributed by atoms with Crippen LogP contribution in [-0.4, -0.2) is 36.9 Å². The van der Waals surface area contributed by atoms with Crippen molar-refractivity contribution < 1.29 is 0 Å². The van der Waals surface area contributed by atoms with Crippen LogP contribution < -0.4 is 5.73 Å². The van der Waals surface area contributed by atoms with Crippen LogP contribution in [0.25, 0.3) is 33.4 Å².